The number of hydrogen-bond donors (Lipinski definition) is 1. The molecule has 2 rings (SSSR count). The number of aromatic carboxylic acids is 1. The van der Waals surface area contributed by atoms with E-state index >= 15 is 0 Å². The molecule has 5 nitrogen and oxygen atoms in total. The summed E-state index contributed by atoms with van der Waals surface area (Å²) >= 11 is 0. The third-order valence-corrected chi connectivity index (χ3v) is 3.80. The van der Waals surface area contributed by atoms with Gasteiger partial charge >= 0.3 is 5.97 Å². The van der Waals surface area contributed by atoms with Crippen LogP contribution in [0.25, 0.3) is 6.08 Å². The van der Waals surface area contributed by atoms with Crippen LogP contribution in [0.3, 0.4) is 0 Å². The normalized spacial score (nSPS) is 18.3. The summed E-state index contributed by atoms with van der Waals surface area (Å²) in [4.78, 5) is 27.0. The van der Waals surface area contributed by atoms with Gasteiger partial charge in [-0.25, -0.2) is 4.79 Å². The first-order chi connectivity index (χ1) is 10.5. The molecule has 0 aliphatic carbocycles. The van der Waals surface area contributed by atoms with Gasteiger partial charge in [0, 0.05) is 25.7 Å². The highest BCUT2D eigenvalue weighted by Gasteiger charge is 2.25. The van der Waals surface area contributed by atoms with Crippen LogP contribution in [0.1, 0.15) is 22.3 Å². The maximum absolute atomic E-state index is 12.2. The minimum atomic E-state index is -0.949. The van der Waals surface area contributed by atoms with Crippen LogP contribution in [0.2, 0.25) is 0 Å². The molecule has 1 fully saturated rings. The number of carboxylic acids is 1. The fraction of sp³-hybridized carbons (Fsp3) is 0.412. The first kappa shape index (κ1) is 16.2. The third kappa shape index (κ3) is 4.43. The van der Waals surface area contributed by atoms with Crippen molar-refractivity contribution < 1.29 is 14.7 Å². The lowest BCUT2D eigenvalue weighted by molar-refractivity contribution is -0.125. The Morgan fingerprint density at radius 2 is 2.00 bits per heavy atom. The van der Waals surface area contributed by atoms with E-state index in [-0.39, 0.29) is 11.5 Å². The molecule has 1 amide bonds. The third-order valence-electron chi connectivity index (χ3n) is 3.80. The van der Waals surface area contributed by atoms with Gasteiger partial charge in [-0.05, 0) is 50.2 Å². The van der Waals surface area contributed by atoms with Crippen molar-refractivity contribution in [2.24, 2.45) is 5.92 Å². The molecule has 1 saturated heterocycles. The van der Waals surface area contributed by atoms with Gasteiger partial charge in [0.25, 0.3) is 0 Å². The lowest BCUT2D eigenvalue weighted by Crippen LogP contribution is -2.29. The molecule has 0 aromatic heterocycles. The number of carboxylic acid groups (broad SMARTS) is 1. The summed E-state index contributed by atoms with van der Waals surface area (Å²) in [6, 6.07) is 6.48. The van der Waals surface area contributed by atoms with Gasteiger partial charge in [0.15, 0.2) is 0 Å². The number of carbonyl (C=O) groups excluding carboxylic acids is 1. The molecule has 1 N–H and O–H groups in total. The predicted octanol–water partition coefficient (Wildman–Crippen LogP) is 1.81. The zero-order valence-electron chi connectivity index (χ0n) is 13.0. The van der Waals surface area contributed by atoms with Crippen molar-refractivity contribution in [3.63, 3.8) is 0 Å². The smallest absolute Gasteiger partial charge is 0.335 e. The molecule has 1 heterocycles. The van der Waals surface area contributed by atoms with E-state index < -0.39 is 5.97 Å². The Morgan fingerprint density at radius 1 is 1.32 bits per heavy atom. The van der Waals surface area contributed by atoms with Crippen LogP contribution < -0.4 is 0 Å². The average molecular weight is 302 g/mol. The van der Waals surface area contributed by atoms with Crippen LogP contribution in [0.5, 0.6) is 0 Å². The first-order valence-electron chi connectivity index (χ1n) is 7.41. The number of likely N-dealkylation sites (tertiary alicyclic amines) is 1. The molecule has 1 aliphatic heterocycles. The Kier molecular flexibility index (Phi) is 5.33. The average Bonchev–Trinajstić information content (AvgIpc) is 2.93. The number of amides is 1. The Labute approximate surface area is 130 Å². The standard InChI is InChI=1S/C17H22N2O3/c1-18(2)11-14-9-10-19(12-14)16(20)8-5-13-3-6-15(7-4-13)17(21)22/h3-8,14H,9-12H2,1-2H3,(H,21,22). The van der Waals surface area contributed by atoms with Gasteiger partial charge < -0.3 is 14.9 Å². The van der Waals surface area contributed by atoms with Crippen molar-refractivity contribution in [2.45, 2.75) is 6.42 Å². The molecule has 1 aliphatic rings. The molecule has 5 heteroatoms. The van der Waals surface area contributed by atoms with Crippen LogP contribution in [0.4, 0.5) is 0 Å². The van der Waals surface area contributed by atoms with E-state index in [1.165, 1.54) is 12.1 Å². The summed E-state index contributed by atoms with van der Waals surface area (Å²) in [6.07, 6.45) is 4.34. The summed E-state index contributed by atoms with van der Waals surface area (Å²) in [6.45, 7) is 2.61. The highest BCUT2D eigenvalue weighted by atomic mass is 16.4. The highest BCUT2D eigenvalue weighted by Crippen LogP contribution is 2.17. The Bertz CT molecular complexity index is 564. The molecule has 1 aromatic rings. The summed E-state index contributed by atoms with van der Waals surface area (Å²) < 4.78 is 0. The lowest BCUT2D eigenvalue weighted by atomic mass is 10.1. The number of benzene rings is 1. The van der Waals surface area contributed by atoms with E-state index in [0.717, 1.165) is 31.6 Å². The van der Waals surface area contributed by atoms with Crippen LogP contribution in [-0.2, 0) is 4.79 Å². The second kappa shape index (κ2) is 7.22. The molecular formula is C17H22N2O3. The molecule has 1 atom stereocenters. The largest absolute Gasteiger partial charge is 0.478 e. The van der Waals surface area contributed by atoms with E-state index in [0.29, 0.717) is 5.92 Å². The lowest BCUT2D eigenvalue weighted by Gasteiger charge is -2.17. The number of rotatable bonds is 5. The Balaban J connectivity index is 1.90. The topological polar surface area (TPSA) is 60.9 Å². The molecule has 118 valence electrons. The minimum absolute atomic E-state index is 0.0172. The van der Waals surface area contributed by atoms with Crippen LogP contribution in [0.15, 0.2) is 30.3 Å². The monoisotopic (exact) mass is 302 g/mol. The van der Waals surface area contributed by atoms with E-state index in [9.17, 15) is 9.59 Å². The predicted molar refractivity (Wildman–Crippen MR) is 85.7 cm³/mol. The van der Waals surface area contributed by atoms with Gasteiger partial charge in [0.05, 0.1) is 5.56 Å². The quantitative estimate of drug-likeness (QED) is 0.843. The van der Waals surface area contributed by atoms with Gasteiger partial charge in [0.2, 0.25) is 5.91 Å². The van der Waals surface area contributed by atoms with E-state index in [2.05, 4.69) is 4.90 Å². The first-order valence-corrected chi connectivity index (χ1v) is 7.41. The van der Waals surface area contributed by atoms with Crippen molar-refractivity contribution in [1.29, 1.82) is 0 Å². The zero-order chi connectivity index (χ0) is 16.1. The molecule has 0 saturated carbocycles. The Morgan fingerprint density at radius 3 is 2.59 bits per heavy atom. The number of carbonyl (C=O) groups is 2. The highest BCUT2D eigenvalue weighted by molar-refractivity contribution is 5.92. The summed E-state index contributed by atoms with van der Waals surface area (Å²) in [5.41, 5.74) is 1.07. The van der Waals surface area contributed by atoms with Crippen LogP contribution in [0, 0.1) is 5.92 Å². The van der Waals surface area contributed by atoms with E-state index in [1.54, 1.807) is 24.3 Å². The van der Waals surface area contributed by atoms with Gasteiger partial charge in [-0.3, -0.25) is 4.79 Å². The minimum Gasteiger partial charge on any atom is -0.478 e. The molecule has 1 unspecified atom stereocenters. The fourth-order valence-electron chi connectivity index (χ4n) is 2.71. The van der Waals surface area contributed by atoms with Crippen LogP contribution >= 0.6 is 0 Å². The zero-order valence-corrected chi connectivity index (χ0v) is 13.0. The molecule has 1 aromatic carbocycles. The summed E-state index contributed by atoms with van der Waals surface area (Å²) in [7, 11) is 4.09. The Hall–Kier alpha value is -2.14. The SMILES string of the molecule is CN(C)CC1CCN(C(=O)C=Cc2ccc(C(=O)O)cc2)C1. The van der Waals surface area contributed by atoms with E-state index in [1.807, 2.05) is 19.0 Å². The molecule has 22 heavy (non-hydrogen) atoms. The van der Waals surface area contributed by atoms with Crippen molar-refractivity contribution in [3.05, 3.63) is 41.5 Å². The molecule has 0 radical (unpaired) electrons. The second-order valence-corrected chi connectivity index (χ2v) is 5.96. The number of nitrogens with zero attached hydrogens (tertiary/aromatic N) is 2. The maximum atomic E-state index is 12.2. The molecule has 0 spiro atoms. The van der Waals surface area contributed by atoms with Crippen molar-refractivity contribution >= 4 is 18.0 Å². The second-order valence-electron chi connectivity index (χ2n) is 5.96. The van der Waals surface area contributed by atoms with Gasteiger partial charge in [-0.1, -0.05) is 12.1 Å². The van der Waals surface area contributed by atoms with Crippen molar-refractivity contribution in [3.8, 4) is 0 Å². The summed E-state index contributed by atoms with van der Waals surface area (Å²) in [5, 5.41) is 8.84. The van der Waals surface area contributed by atoms with Crippen LogP contribution in [-0.4, -0.2) is 60.5 Å². The summed E-state index contributed by atoms with van der Waals surface area (Å²) in [5.74, 6) is -0.388. The van der Waals surface area contributed by atoms with Gasteiger partial charge in [0.1, 0.15) is 0 Å². The fourth-order valence-corrected chi connectivity index (χ4v) is 2.71. The van der Waals surface area contributed by atoms with E-state index in [4.69, 9.17) is 5.11 Å². The molecular weight excluding hydrogens is 280 g/mol. The van der Waals surface area contributed by atoms with Crippen molar-refractivity contribution in [2.75, 3.05) is 33.7 Å². The molecule has 0 bridgehead atoms. The number of hydrogen-bond acceptors (Lipinski definition) is 3. The van der Waals surface area contributed by atoms with Gasteiger partial charge in [-0.2, -0.15) is 0 Å². The van der Waals surface area contributed by atoms with Gasteiger partial charge in [-0.15, -0.1) is 0 Å². The maximum Gasteiger partial charge on any atom is 0.335 e. The van der Waals surface area contributed by atoms with Crippen molar-refractivity contribution in [1.82, 2.24) is 9.80 Å².